The zero-order valence-electron chi connectivity index (χ0n) is 16.0. The predicted octanol–water partition coefficient (Wildman–Crippen LogP) is 3.95. The van der Waals surface area contributed by atoms with Crippen LogP contribution in [0.15, 0.2) is 36.5 Å². The number of aryl methyl sites for hydroxylation is 3. The molecule has 26 heavy (non-hydrogen) atoms. The molecule has 136 valence electrons. The smallest absolute Gasteiger partial charge is 0.270 e. The minimum atomic E-state index is -0.248. The number of fused-ring (bicyclic) bond motifs is 1. The maximum absolute atomic E-state index is 13.3. The van der Waals surface area contributed by atoms with E-state index >= 15 is 0 Å². The van der Waals surface area contributed by atoms with Crippen LogP contribution in [0.25, 0.3) is 10.9 Å². The van der Waals surface area contributed by atoms with Crippen LogP contribution in [0.4, 0.5) is 0 Å². The number of hydrogen-bond acceptors (Lipinski definition) is 3. The van der Waals surface area contributed by atoms with E-state index in [-0.39, 0.29) is 11.9 Å². The molecule has 1 atom stereocenters. The molecule has 1 amide bonds. The van der Waals surface area contributed by atoms with Gasteiger partial charge in [-0.3, -0.25) is 9.78 Å². The number of rotatable bonds is 5. The third-order valence-electron chi connectivity index (χ3n) is 4.98. The number of ether oxygens (including phenoxy) is 1. The minimum absolute atomic E-state index is 0.0646. The Kier molecular flexibility index (Phi) is 5.09. The highest BCUT2D eigenvalue weighted by atomic mass is 16.5. The van der Waals surface area contributed by atoms with Crippen LogP contribution in [-0.4, -0.2) is 41.5 Å². The number of aromatic amines is 1. The molecule has 5 nitrogen and oxygen atoms in total. The Morgan fingerprint density at radius 1 is 1.19 bits per heavy atom. The van der Waals surface area contributed by atoms with Crippen molar-refractivity contribution in [3.63, 3.8) is 0 Å². The van der Waals surface area contributed by atoms with Crippen molar-refractivity contribution in [1.29, 1.82) is 0 Å². The molecule has 1 N–H and O–H groups in total. The molecule has 0 bridgehead atoms. The molecular formula is C21H25N3O2. The average molecular weight is 351 g/mol. The third kappa shape index (κ3) is 3.10. The van der Waals surface area contributed by atoms with Crippen LogP contribution in [0, 0.1) is 20.8 Å². The lowest BCUT2D eigenvalue weighted by atomic mass is 10.0. The van der Waals surface area contributed by atoms with Gasteiger partial charge in [-0.1, -0.05) is 18.2 Å². The van der Waals surface area contributed by atoms with Crippen LogP contribution in [0.5, 0.6) is 0 Å². The Labute approximate surface area is 154 Å². The molecule has 0 aliphatic heterocycles. The van der Waals surface area contributed by atoms with Crippen molar-refractivity contribution in [2.75, 3.05) is 20.8 Å². The summed E-state index contributed by atoms with van der Waals surface area (Å²) in [5.74, 6) is -0.0646. The van der Waals surface area contributed by atoms with Gasteiger partial charge in [0, 0.05) is 31.3 Å². The first-order valence-corrected chi connectivity index (χ1v) is 8.71. The Morgan fingerprint density at radius 2 is 1.92 bits per heavy atom. The number of nitrogens with zero attached hydrogens (tertiary/aromatic N) is 2. The number of carbonyl (C=O) groups is 1. The predicted molar refractivity (Wildman–Crippen MR) is 103 cm³/mol. The van der Waals surface area contributed by atoms with Gasteiger partial charge in [0.2, 0.25) is 0 Å². The lowest BCUT2D eigenvalue weighted by molar-refractivity contribution is 0.0590. The van der Waals surface area contributed by atoms with Crippen LogP contribution >= 0.6 is 0 Å². The van der Waals surface area contributed by atoms with Crippen LogP contribution in [-0.2, 0) is 4.74 Å². The maximum Gasteiger partial charge on any atom is 0.270 e. The Bertz CT molecular complexity index is 931. The van der Waals surface area contributed by atoms with E-state index in [1.54, 1.807) is 25.3 Å². The van der Waals surface area contributed by atoms with Gasteiger partial charge in [-0.2, -0.15) is 0 Å². The summed E-state index contributed by atoms with van der Waals surface area (Å²) in [5.41, 5.74) is 5.74. The Hall–Kier alpha value is -2.66. The molecule has 0 saturated heterocycles. The normalized spacial score (nSPS) is 12.3. The first-order valence-electron chi connectivity index (χ1n) is 8.71. The number of carbonyl (C=O) groups excluding carboxylic acids is 1. The van der Waals surface area contributed by atoms with E-state index in [2.05, 4.69) is 35.9 Å². The molecule has 0 radical (unpaired) electrons. The standard InChI is InChI=1S/C21H25N3O2/c1-13-9-10-14(2)19-18(13)15(3)20(23-19)21(25)24(4)17(12-26-5)16-8-6-7-11-22-16/h6-11,17,23H,12H2,1-5H3/t17-/m1/s1. The molecule has 0 fully saturated rings. The summed E-state index contributed by atoms with van der Waals surface area (Å²) in [6.07, 6.45) is 1.73. The van der Waals surface area contributed by atoms with Crippen molar-refractivity contribution < 1.29 is 9.53 Å². The molecule has 3 rings (SSSR count). The van der Waals surface area contributed by atoms with Crippen LogP contribution in [0.1, 0.15) is 38.9 Å². The monoisotopic (exact) mass is 351 g/mol. The summed E-state index contributed by atoms with van der Waals surface area (Å²) in [6, 6.07) is 9.62. The molecule has 2 heterocycles. The zero-order valence-corrected chi connectivity index (χ0v) is 16.0. The first-order chi connectivity index (χ1) is 12.5. The molecule has 0 aliphatic rings. The minimum Gasteiger partial charge on any atom is -0.382 e. The molecule has 5 heteroatoms. The first kappa shape index (κ1) is 18.1. The van der Waals surface area contributed by atoms with E-state index < -0.39 is 0 Å². The highest BCUT2D eigenvalue weighted by Gasteiger charge is 2.27. The molecule has 3 aromatic rings. The summed E-state index contributed by atoms with van der Waals surface area (Å²) < 4.78 is 5.35. The van der Waals surface area contributed by atoms with E-state index in [0.717, 1.165) is 27.7 Å². The quantitative estimate of drug-likeness (QED) is 0.757. The number of benzene rings is 1. The van der Waals surface area contributed by atoms with Crippen LogP contribution < -0.4 is 0 Å². The Morgan fingerprint density at radius 3 is 2.54 bits per heavy atom. The van der Waals surface area contributed by atoms with Gasteiger partial charge in [0.1, 0.15) is 5.69 Å². The number of likely N-dealkylation sites (N-methyl/N-ethyl adjacent to an activating group) is 1. The molecule has 1 aromatic carbocycles. The molecular weight excluding hydrogens is 326 g/mol. The fourth-order valence-corrected chi connectivity index (χ4v) is 3.46. The number of methoxy groups -OCH3 is 1. The lowest BCUT2D eigenvalue weighted by Crippen LogP contribution is -2.34. The second-order valence-corrected chi connectivity index (χ2v) is 6.72. The van der Waals surface area contributed by atoms with Gasteiger partial charge in [-0.05, 0) is 49.6 Å². The van der Waals surface area contributed by atoms with Crippen LogP contribution in [0.3, 0.4) is 0 Å². The van der Waals surface area contributed by atoms with Gasteiger partial charge in [-0.25, -0.2) is 0 Å². The molecule has 2 aromatic heterocycles. The summed E-state index contributed by atoms with van der Waals surface area (Å²) in [5, 5.41) is 1.13. The van der Waals surface area contributed by atoms with E-state index in [9.17, 15) is 4.79 Å². The van der Waals surface area contributed by atoms with Crippen molar-refractivity contribution in [1.82, 2.24) is 14.9 Å². The van der Waals surface area contributed by atoms with Gasteiger partial charge in [-0.15, -0.1) is 0 Å². The fraction of sp³-hybridized carbons (Fsp3) is 0.333. The highest BCUT2D eigenvalue weighted by molar-refractivity contribution is 6.02. The highest BCUT2D eigenvalue weighted by Crippen LogP contribution is 2.29. The number of pyridine rings is 1. The second kappa shape index (κ2) is 7.30. The molecule has 0 saturated carbocycles. The van der Waals surface area contributed by atoms with Crippen molar-refractivity contribution in [2.45, 2.75) is 26.8 Å². The van der Waals surface area contributed by atoms with Gasteiger partial charge in [0.25, 0.3) is 5.91 Å². The van der Waals surface area contributed by atoms with E-state index in [1.807, 2.05) is 25.1 Å². The van der Waals surface area contributed by atoms with Gasteiger partial charge < -0.3 is 14.6 Å². The lowest BCUT2D eigenvalue weighted by Gasteiger charge is -2.27. The molecule has 0 aliphatic carbocycles. The maximum atomic E-state index is 13.3. The summed E-state index contributed by atoms with van der Waals surface area (Å²) in [6.45, 7) is 6.51. The van der Waals surface area contributed by atoms with Crippen molar-refractivity contribution in [3.05, 3.63) is 64.6 Å². The van der Waals surface area contributed by atoms with Crippen LogP contribution in [0.2, 0.25) is 0 Å². The number of amides is 1. The van der Waals surface area contributed by atoms with Gasteiger partial charge in [0.15, 0.2) is 0 Å². The van der Waals surface area contributed by atoms with Gasteiger partial charge in [0.05, 0.1) is 18.3 Å². The molecule has 0 spiro atoms. The van der Waals surface area contributed by atoms with Crippen molar-refractivity contribution in [3.8, 4) is 0 Å². The van der Waals surface area contributed by atoms with E-state index in [1.165, 1.54) is 5.56 Å². The van der Waals surface area contributed by atoms with E-state index in [0.29, 0.717) is 12.3 Å². The number of aromatic nitrogens is 2. The zero-order chi connectivity index (χ0) is 18.8. The number of H-pyrrole nitrogens is 1. The topological polar surface area (TPSA) is 58.2 Å². The summed E-state index contributed by atoms with van der Waals surface area (Å²) >= 11 is 0. The second-order valence-electron chi connectivity index (χ2n) is 6.72. The van der Waals surface area contributed by atoms with E-state index in [4.69, 9.17) is 4.74 Å². The summed E-state index contributed by atoms with van der Waals surface area (Å²) in [4.78, 5) is 22.7. The number of nitrogens with one attached hydrogen (secondary N) is 1. The molecule has 0 unspecified atom stereocenters. The summed E-state index contributed by atoms with van der Waals surface area (Å²) in [7, 11) is 3.43. The van der Waals surface area contributed by atoms with Gasteiger partial charge >= 0.3 is 0 Å². The largest absolute Gasteiger partial charge is 0.382 e. The fourth-order valence-electron chi connectivity index (χ4n) is 3.46. The van der Waals surface area contributed by atoms with Crippen molar-refractivity contribution in [2.24, 2.45) is 0 Å². The Balaban J connectivity index is 2.02. The average Bonchev–Trinajstić information content (AvgIpc) is 3.01. The third-order valence-corrected chi connectivity index (χ3v) is 4.98. The number of hydrogen-bond donors (Lipinski definition) is 1. The SMILES string of the molecule is COC[C@H](c1ccccn1)N(C)C(=O)c1[nH]c2c(C)ccc(C)c2c1C. The van der Waals surface area contributed by atoms with Crippen molar-refractivity contribution >= 4 is 16.8 Å².